The molecule has 2 fully saturated rings. The van der Waals surface area contributed by atoms with Crippen molar-refractivity contribution in [2.24, 2.45) is 0 Å². The Morgan fingerprint density at radius 3 is 2.40 bits per heavy atom. The molecule has 0 spiro atoms. The second-order valence-electron chi connectivity index (χ2n) is 7.87. The molecule has 0 aromatic heterocycles. The molecule has 2 aliphatic rings. The summed E-state index contributed by atoms with van der Waals surface area (Å²) in [6.07, 6.45) is 0.457. The fourth-order valence-corrected chi connectivity index (χ4v) is 3.22. The summed E-state index contributed by atoms with van der Waals surface area (Å²) in [5.41, 5.74) is 0.784. The van der Waals surface area contributed by atoms with E-state index in [1.165, 1.54) is 5.56 Å². The number of benzene rings is 1. The molecule has 3 rings (SSSR count). The summed E-state index contributed by atoms with van der Waals surface area (Å²) < 4.78 is 5.38. The molecule has 1 aromatic carbocycles. The molecule has 25 heavy (non-hydrogen) atoms. The van der Waals surface area contributed by atoms with Crippen LogP contribution in [0, 0.1) is 0 Å². The van der Waals surface area contributed by atoms with Gasteiger partial charge in [-0.1, -0.05) is 30.3 Å². The molecule has 0 aliphatic carbocycles. The minimum atomic E-state index is -0.498. The second-order valence-corrected chi connectivity index (χ2v) is 7.87. The van der Waals surface area contributed by atoms with Gasteiger partial charge in [-0.3, -0.25) is 0 Å². The number of carbonyl (C=O) groups is 2. The van der Waals surface area contributed by atoms with Crippen molar-refractivity contribution in [1.29, 1.82) is 0 Å². The molecule has 2 aliphatic heterocycles. The lowest BCUT2D eigenvalue weighted by Crippen LogP contribution is -2.54. The van der Waals surface area contributed by atoms with Gasteiger partial charge in [0.2, 0.25) is 0 Å². The predicted octanol–water partition coefficient (Wildman–Crippen LogP) is 2.80. The van der Waals surface area contributed by atoms with Crippen LogP contribution in [-0.4, -0.2) is 59.7 Å². The van der Waals surface area contributed by atoms with Crippen molar-refractivity contribution in [3.05, 3.63) is 35.9 Å². The first kappa shape index (κ1) is 17.6. The van der Waals surface area contributed by atoms with Crippen molar-refractivity contribution >= 4 is 12.1 Å². The highest BCUT2D eigenvalue weighted by molar-refractivity contribution is 5.76. The van der Waals surface area contributed by atoms with Crippen molar-refractivity contribution in [2.75, 3.05) is 26.2 Å². The summed E-state index contributed by atoms with van der Waals surface area (Å²) in [6.45, 7) is 8.19. The van der Waals surface area contributed by atoms with Crippen LogP contribution in [0.3, 0.4) is 0 Å². The van der Waals surface area contributed by atoms with E-state index in [1.807, 2.05) is 43.9 Å². The van der Waals surface area contributed by atoms with Gasteiger partial charge >= 0.3 is 12.1 Å². The Balaban J connectivity index is 1.42. The molecule has 1 aromatic rings. The lowest BCUT2D eigenvalue weighted by molar-refractivity contribution is 0.0290. The van der Waals surface area contributed by atoms with E-state index in [2.05, 4.69) is 17.4 Å². The Kier molecular flexibility index (Phi) is 4.88. The first-order chi connectivity index (χ1) is 11.8. The smallest absolute Gasteiger partial charge is 0.410 e. The van der Waals surface area contributed by atoms with E-state index >= 15 is 0 Å². The van der Waals surface area contributed by atoms with E-state index in [9.17, 15) is 9.59 Å². The van der Waals surface area contributed by atoms with E-state index in [1.54, 1.807) is 4.90 Å². The van der Waals surface area contributed by atoms with Crippen LogP contribution in [0.1, 0.15) is 38.7 Å². The fraction of sp³-hybridized carbons (Fsp3) is 0.579. The van der Waals surface area contributed by atoms with Crippen LogP contribution in [0.15, 0.2) is 30.3 Å². The van der Waals surface area contributed by atoms with Crippen molar-refractivity contribution in [1.82, 2.24) is 15.1 Å². The molecule has 1 N–H and O–H groups in total. The first-order valence-electron chi connectivity index (χ1n) is 8.90. The van der Waals surface area contributed by atoms with Gasteiger partial charge in [-0.15, -0.1) is 0 Å². The highest BCUT2D eigenvalue weighted by atomic mass is 16.6. The zero-order valence-corrected chi connectivity index (χ0v) is 15.2. The third-order valence-electron chi connectivity index (χ3n) is 4.61. The maximum Gasteiger partial charge on any atom is 0.410 e. The van der Waals surface area contributed by atoms with E-state index in [0.717, 1.165) is 19.5 Å². The zero-order valence-electron chi connectivity index (χ0n) is 15.2. The number of hydrogen-bond acceptors (Lipinski definition) is 3. The number of rotatable bonds is 2. The maximum absolute atomic E-state index is 12.3. The maximum atomic E-state index is 12.3. The molecule has 0 saturated carbocycles. The third kappa shape index (κ3) is 4.44. The Hall–Kier alpha value is -2.24. The summed E-state index contributed by atoms with van der Waals surface area (Å²) in [6, 6.07) is 10.2. The van der Waals surface area contributed by atoms with E-state index in [4.69, 9.17) is 4.74 Å². The van der Waals surface area contributed by atoms with E-state index in [-0.39, 0.29) is 18.2 Å². The quantitative estimate of drug-likeness (QED) is 0.896. The lowest BCUT2D eigenvalue weighted by Gasteiger charge is -2.40. The molecule has 2 saturated heterocycles. The van der Waals surface area contributed by atoms with Crippen molar-refractivity contribution in [3.63, 3.8) is 0 Å². The van der Waals surface area contributed by atoms with Gasteiger partial charge in [-0.25, -0.2) is 9.59 Å². The summed E-state index contributed by atoms with van der Waals surface area (Å²) in [5, 5.41) is 3.04. The second kappa shape index (κ2) is 6.94. The molecule has 0 bridgehead atoms. The topological polar surface area (TPSA) is 61.9 Å². The van der Waals surface area contributed by atoms with Crippen LogP contribution in [0.25, 0.3) is 0 Å². The monoisotopic (exact) mass is 345 g/mol. The number of hydrogen-bond donors (Lipinski definition) is 1. The molecule has 0 radical (unpaired) electrons. The zero-order chi connectivity index (χ0) is 18.0. The summed E-state index contributed by atoms with van der Waals surface area (Å²) >= 11 is 0. The lowest BCUT2D eigenvalue weighted by atomic mass is 9.92. The molecule has 2 heterocycles. The fourth-order valence-electron chi connectivity index (χ4n) is 3.22. The number of ether oxygens (including phenoxy) is 1. The van der Waals surface area contributed by atoms with Crippen molar-refractivity contribution in [3.8, 4) is 0 Å². The van der Waals surface area contributed by atoms with Gasteiger partial charge in [-0.2, -0.15) is 0 Å². The van der Waals surface area contributed by atoms with Gasteiger partial charge in [0.25, 0.3) is 0 Å². The van der Waals surface area contributed by atoms with Crippen LogP contribution in [-0.2, 0) is 4.74 Å². The normalized spacial score (nSPS) is 21.0. The van der Waals surface area contributed by atoms with Gasteiger partial charge in [0, 0.05) is 38.1 Å². The van der Waals surface area contributed by atoms with Gasteiger partial charge < -0.3 is 19.9 Å². The van der Waals surface area contributed by atoms with E-state index in [0.29, 0.717) is 19.0 Å². The van der Waals surface area contributed by atoms with Gasteiger partial charge in [0.1, 0.15) is 5.60 Å². The van der Waals surface area contributed by atoms with Crippen molar-refractivity contribution in [2.45, 2.75) is 44.8 Å². The molecule has 3 amide bonds. The standard InChI is InChI=1S/C19H27N3O3/c1-19(2,3)25-18(24)21-10-9-16(13-21)20-17(23)22-11-15(12-22)14-7-5-4-6-8-14/h4-8,15-16H,9-13H2,1-3H3,(H,20,23)/t16-/m1/s1. The Labute approximate surface area is 149 Å². The molecule has 6 nitrogen and oxygen atoms in total. The predicted molar refractivity (Wildman–Crippen MR) is 95.5 cm³/mol. The third-order valence-corrected chi connectivity index (χ3v) is 4.61. The minimum absolute atomic E-state index is 0.00389. The largest absolute Gasteiger partial charge is 0.444 e. The highest BCUT2D eigenvalue weighted by Crippen LogP contribution is 2.27. The van der Waals surface area contributed by atoms with Crippen LogP contribution < -0.4 is 5.32 Å². The summed E-state index contributed by atoms with van der Waals surface area (Å²) in [4.78, 5) is 27.9. The van der Waals surface area contributed by atoms with E-state index < -0.39 is 5.60 Å². The number of amides is 3. The van der Waals surface area contributed by atoms with Crippen LogP contribution in [0.4, 0.5) is 9.59 Å². The average Bonchev–Trinajstić information content (AvgIpc) is 2.93. The Morgan fingerprint density at radius 1 is 1.08 bits per heavy atom. The minimum Gasteiger partial charge on any atom is -0.444 e. The summed E-state index contributed by atoms with van der Waals surface area (Å²) in [7, 11) is 0. The highest BCUT2D eigenvalue weighted by Gasteiger charge is 2.35. The molecular formula is C19H27N3O3. The number of carbonyl (C=O) groups excluding carboxylic acids is 2. The Morgan fingerprint density at radius 2 is 1.76 bits per heavy atom. The SMILES string of the molecule is CC(C)(C)OC(=O)N1CC[C@@H](NC(=O)N2CC(c3ccccc3)C2)C1. The molecular weight excluding hydrogens is 318 g/mol. The Bertz CT molecular complexity index is 621. The molecule has 1 atom stereocenters. The average molecular weight is 345 g/mol. The van der Waals surface area contributed by atoms with Gasteiger partial charge in [0.15, 0.2) is 0 Å². The van der Waals surface area contributed by atoms with Crippen LogP contribution in [0.5, 0.6) is 0 Å². The first-order valence-corrected chi connectivity index (χ1v) is 8.90. The molecule has 0 unspecified atom stereocenters. The van der Waals surface area contributed by atoms with Crippen LogP contribution >= 0.6 is 0 Å². The van der Waals surface area contributed by atoms with Gasteiger partial charge in [0.05, 0.1) is 0 Å². The number of nitrogens with zero attached hydrogens (tertiary/aromatic N) is 2. The molecule has 6 heteroatoms. The number of nitrogens with one attached hydrogen (secondary N) is 1. The van der Waals surface area contributed by atoms with Crippen molar-refractivity contribution < 1.29 is 14.3 Å². The van der Waals surface area contributed by atoms with Crippen LogP contribution in [0.2, 0.25) is 0 Å². The van der Waals surface area contributed by atoms with Gasteiger partial charge in [-0.05, 0) is 32.8 Å². The number of urea groups is 1. The molecule has 136 valence electrons. The summed E-state index contributed by atoms with van der Waals surface area (Å²) in [5.74, 6) is 0.425. The number of likely N-dealkylation sites (tertiary alicyclic amines) is 2.